The summed E-state index contributed by atoms with van der Waals surface area (Å²) in [5.74, 6) is 1.77. The number of rotatable bonds is 5. The van der Waals surface area contributed by atoms with E-state index in [1.165, 1.54) is 18.0 Å². The highest BCUT2D eigenvalue weighted by Crippen LogP contribution is 2.23. The fourth-order valence-electron chi connectivity index (χ4n) is 4.20. The second-order valence-electron chi connectivity index (χ2n) is 7.99. The van der Waals surface area contributed by atoms with Crippen molar-refractivity contribution in [3.8, 4) is 0 Å². The van der Waals surface area contributed by atoms with Crippen LogP contribution in [0.4, 0.5) is 0 Å². The molecule has 3 rings (SSSR count). The molecule has 0 spiro atoms. The molecule has 0 aliphatic carbocycles. The number of aliphatic hydroxyl groups is 2. The third-order valence-electron chi connectivity index (χ3n) is 5.34. The Balaban J connectivity index is 2.12. The van der Waals surface area contributed by atoms with Gasteiger partial charge in [-0.1, -0.05) is 13.8 Å². The number of aromatic nitrogens is 4. The molecule has 1 aliphatic heterocycles. The first-order chi connectivity index (χ1) is 12.7. The molecule has 0 bridgehead atoms. The van der Waals surface area contributed by atoms with Crippen molar-refractivity contribution in [1.29, 1.82) is 0 Å². The lowest BCUT2D eigenvalue weighted by molar-refractivity contribution is 0.0793. The largest absolute Gasteiger partial charge is 0.394 e. The van der Waals surface area contributed by atoms with Crippen molar-refractivity contribution in [2.45, 2.75) is 39.5 Å². The zero-order valence-corrected chi connectivity index (χ0v) is 16.4. The van der Waals surface area contributed by atoms with Crippen LogP contribution in [0.15, 0.2) is 9.59 Å². The van der Waals surface area contributed by atoms with Crippen molar-refractivity contribution in [3.05, 3.63) is 26.7 Å². The van der Waals surface area contributed by atoms with E-state index in [1.54, 1.807) is 11.6 Å². The van der Waals surface area contributed by atoms with Crippen LogP contribution in [0.1, 0.15) is 26.1 Å². The van der Waals surface area contributed by atoms with Gasteiger partial charge in [0.05, 0.1) is 25.8 Å². The Kier molecular flexibility index (Phi) is 5.55. The minimum atomic E-state index is -1.01. The number of hydrogen-bond donors (Lipinski definition) is 2. The molecule has 1 fully saturated rings. The third kappa shape index (κ3) is 3.71. The van der Waals surface area contributed by atoms with Crippen molar-refractivity contribution in [1.82, 2.24) is 23.6 Å². The summed E-state index contributed by atoms with van der Waals surface area (Å²) >= 11 is 0. The van der Waals surface area contributed by atoms with Gasteiger partial charge in [0, 0.05) is 27.2 Å². The van der Waals surface area contributed by atoms with Gasteiger partial charge in [-0.15, -0.1) is 0 Å². The fraction of sp³-hybridized carbons (Fsp3) is 0.722. The van der Waals surface area contributed by atoms with Crippen LogP contribution < -0.4 is 11.2 Å². The highest BCUT2D eigenvalue weighted by molar-refractivity contribution is 5.71. The predicted molar refractivity (Wildman–Crippen MR) is 102 cm³/mol. The summed E-state index contributed by atoms with van der Waals surface area (Å²) in [5.41, 5.74) is -0.300. The Hall–Kier alpha value is -1.97. The number of nitrogens with zero attached hydrogens (tertiary/aromatic N) is 5. The third-order valence-corrected chi connectivity index (χ3v) is 5.34. The Morgan fingerprint density at radius 3 is 2.37 bits per heavy atom. The van der Waals surface area contributed by atoms with Gasteiger partial charge in [-0.2, -0.15) is 0 Å². The second kappa shape index (κ2) is 7.57. The molecule has 2 aromatic rings. The number of aliphatic hydroxyl groups excluding tert-OH is 2. The number of imidazole rings is 1. The fourth-order valence-corrected chi connectivity index (χ4v) is 4.20. The predicted octanol–water partition coefficient (Wildman–Crippen LogP) is -0.735. The maximum Gasteiger partial charge on any atom is 0.332 e. The average molecular weight is 379 g/mol. The summed E-state index contributed by atoms with van der Waals surface area (Å²) in [5, 5.41) is 19.3. The Morgan fingerprint density at radius 1 is 1.15 bits per heavy atom. The first kappa shape index (κ1) is 19.8. The molecule has 0 amide bonds. The van der Waals surface area contributed by atoms with E-state index in [4.69, 9.17) is 0 Å². The molecule has 3 heterocycles. The highest BCUT2D eigenvalue weighted by Gasteiger charge is 2.26. The molecule has 150 valence electrons. The van der Waals surface area contributed by atoms with Gasteiger partial charge in [0.15, 0.2) is 11.2 Å². The van der Waals surface area contributed by atoms with Crippen LogP contribution in [0.2, 0.25) is 0 Å². The van der Waals surface area contributed by atoms with Crippen LogP contribution in [0.3, 0.4) is 0 Å². The van der Waals surface area contributed by atoms with Gasteiger partial charge < -0.3 is 14.8 Å². The number of hydrogen-bond acceptors (Lipinski definition) is 6. The first-order valence-electron chi connectivity index (χ1n) is 9.39. The molecule has 0 unspecified atom stereocenters. The molecule has 1 saturated heterocycles. The summed E-state index contributed by atoms with van der Waals surface area (Å²) in [6, 6.07) is 0. The Morgan fingerprint density at radius 2 is 1.78 bits per heavy atom. The van der Waals surface area contributed by atoms with E-state index in [9.17, 15) is 19.8 Å². The molecule has 0 aromatic carbocycles. The number of aryl methyl sites for hydroxylation is 1. The molecule has 9 heteroatoms. The number of piperidine rings is 1. The van der Waals surface area contributed by atoms with Gasteiger partial charge in [0.2, 0.25) is 0 Å². The number of likely N-dealkylation sites (tertiary alicyclic amines) is 1. The van der Waals surface area contributed by atoms with Gasteiger partial charge >= 0.3 is 5.69 Å². The normalized spacial score (nSPS) is 22.4. The molecular formula is C18H29N5O4. The van der Waals surface area contributed by atoms with E-state index in [2.05, 4.69) is 23.7 Å². The van der Waals surface area contributed by atoms with Crippen molar-refractivity contribution in [3.63, 3.8) is 0 Å². The van der Waals surface area contributed by atoms with Crippen molar-refractivity contribution in [2.24, 2.45) is 25.9 Å². The quantitative estimate of drug-likeness (QED) is 0.709. The molecule has 0 saturated carbocycles. The topological polar surface area (TPSA) is 106 Å². The van der Waals surface area contributed by atoms with E-state index in [0.717, 1.165) is 17.7 Å². The van der Waals surface area contributed by atoms with Gasteiger partial charge in [-0.25, -0.2) is 9.78 Å². The smallest absolute Gasteiger partial charge is 0.332 e. The van der Waals surface area contributed by atoms with E-state index < -0.39 is 24.0 Å². The lowest BCUT2D eigenvalue weighted by atomic mass is 9.92. The molecular weight excluding hydrogens is 350 g/mol. The minimum absolute atomic E-state index is 0.0503. The van der Waals surface area contributed by atoms with E-state index in [-0.39, 0.29) is 12.1 Å². The first-order valence-corrected chi connectivity index (χ1v) is 9.39. The van der Waals surface area contributed by atoms with E-state index in [0.29, 0.717) is 29.9 Å². The summed E-state index contributed by atoms with van der Waals surface area (Å²) < 4.78 is 4.05. The van der Waals surface area contributed by atoms with Gasteiger partial charge in [0.1, 0.15) is 5.82 Å². The lowest BCUT2D eigenvalue weighted by Gasteiger charge is -2.34. The molecule has 2 N–H and O–H groups in total. The Bertz CT molecular complexity index is 934. The zero-order valence-electron chi connectivity index (χ0n) is 16.4. The van der Waals surface area contributed by atoms with Crippen LogP contribution in [0, 0.1) is 11.8 Å². The van der Waals surface area contributed by atoms with Crippen LogP contribution in [-0.2, 0) is 27.2 Å². The average Bonchev–Trinajstić information content (AvgIpc) is 2.95. The summed E-state index contributed by atoms with van der Waals surface area (Å²) in [6.45, 7) is 6.48. The molecule has 0 radical (unpaired) electrons. The van der Waals surface area contributed by atoms with E-state index in [1.807, 2.05) is 0 Å². The van der Waals surface area contributed by atoms with Crippen LogP contribution in [-0.4, -0.2) is 59.6 Å². The molecule has 9 nitrogen and oxygen atoms in total. The maximum absolute atomic E-state index is 12.7. The molecule has 2 aromatic heterocycles. The van der Waals surface area contributed by atoms with Gasteiger partial charge in [0.25, 0.3) is 5.56 Å². The Labute approximate surface area is 157 Å². The maximum atomic E-state index is 12.7. The molecule has 27 heavy (non-hydrogen) atoms. The van der Waals surface area contributed by atoms with Crippen LogP contribution in [0.25, 0.3) is 11.2 Å². The summed E-state index contributed by atoms with van der Waals surface area (Å²) in [4.78, 5) is 31.9. The molecule has 1 aliphatic rings. The highest BCUT2D eigenvalue weighted by atomic mass is 16.3. The number of fused-ring (bicyclic) bond motifs is 1. The van der Waals surface area contributed by atoms with Crippen LogP contribution >= 0.6 is 0 Å². The van der Waals surface area contributed by atoms with Crippen LogP contribution in [0.5, 0.6) is 0 Å². The van der Waals surface area contributed by atoms with Gasteiger partial charge in [-0.3, -0.25) is 18.8 Å². The SMILES string of the molecule is C[C@@H]1C[C@@H](C)CN(Cc2nc3c(c(=O)n(C)c(=O)n3C)n2C[C@H](O)CO)C1. The lowest BCUT2D eigenvalue weighted by Crippen LogP contribution is -2.39. The van der Waals surface area contributed by atoms with Gasteiger partial charge in [-0.05, 0) is 18.3 Å². The minimum Gasteiger partial charge on any atom is -0.394 e. The van der Waals surface area contributed by atoms with Crippen molar-refractivity contribution < 1.29 is 10.2 Å². The zero-order chi connectivity index (χ0) is 19.9. The summed E-state index contributed by atoms with van der Waals surface area (Å²) in [6.07, 6.45) is 0.174. The van der Waals surface area contributed by atoms with E-state index >= 15 is 0 Å². The standard InChI is InChI=1S/C18H29N5O4/c1-11-5-12(2)7-22(6-11)9-14-19-16-15(23(14)8-13(25)10-24)17(26)21(4)18(27)20(16)3/h11-13,24-25H,5-10H2,1-4H3/t11-,12-,13+/m1/s1. The summed E-state index contributed by atoms with van der Waals surface area (Å²) in [7, 11) is 3.01. The molecule has 3 atom stereocenters. The monoisotopic (exact) mass is 379 g/mol. The second-order valence-corrected chi connectivity index (χ2v) is 7.99. The van der Waals surface area contributed by atoms with Crippen molar-refractivity contribution in [2.75, 3.05) is 19.7 Å². The van der Waals surface area contributed by atoms with Crippen molar-refractivity contribution >= 4 is 11.2 Å².